The number of nitrogens with two attached hydrogens (primary N) is 1. The van der Waals surface area contributed by atoms with E-state index in [0.717, 1.165) is 0 Å². The molecule has 0 aliphatic rings. The SMILES string of the molecule is NC(Cc1cc(Cl)c(O)c(Br)c1)C(=O)O. The third-order valence-electron chi connectivity index (χ3n) is 1.85. The monoisotopic (exact) mass is 293 g/mol. The predicted molar refractivity (Wildman–Crippen MR) is 60.1 cm³/mol. The molecule has 0 aliphatic carbocycles. The fourth-order valence-corrected chi connectivity index (χ4v) is 1.94. The van der Waals surface area contributed by atoms with Crippen molar-refractivity contribution < 1.29 is 15.0 Å². The predicted octanol–water partition coefficient (Wildman–Crippen LogP) is 1.76. The molecule has 0 radical (unpaired) electrons. The van der Waals surface area contributed by atoms with Crippen LogP contribution in [0.2, 0.25) is 5.02 Å². The molecule has 6 heteroatoms. The number of hydrogen-bond acceptors (Lipinski definition) is 3. The van der Waals surface area contributed by atoms with Crippen molar-refractivity contribution in [3.63, 3.8) is 0 Å². The van der Waals surface area contributed by atoms with Crippen LogP contribution in [0.1, 0.15) is 5.56 Å². The molecular weight excluding hydrogens is 285 g/mol. The van der Waals surface area contributed by atoms with Crippen LogP contribution < -0.4 is 5.73 Å². The molecule has 4 nitrogen and oxygen atoms in total. The Labute approximate surface area is 99.8 Å². The van der Waals surface area contributed by atoms with Crippen LogP contribution in [0.5, 0.6) is 5.75 Å². The lowest BCUT2D eigenvalue weighted by atomic mass is 10.1. The van der Waals surface area contributed by atoms with Gasteiger partial charge in [-0.05, 0) is 40.0 Å². The molecule has 0 aromatic heterocycles. The highest BCUT2D eigenvalue weighted by Gasteiger charge is 2.14. The highest BCUT2D eigenvalue weighted by atomic mass is 79.9. The Bertz CT molecular complexity index is 374. The van der Waals surface area contributed by atoms with E-state index in [2.05, 4.69) is 15.9 Å². The zero-order valence-corrected chi connectivity index (χ0v) is 9.92. The minimum Gasteiger partial charge on any atom is -0.505 e. The number of benzene rings is 1. The Balaban J connectivity index is 2.92. The van der Waals surface area contributed by atoms with E-state index < -0.39 is 12.0 Å². The summed E-state index contributed by atoms with van der Waals surface area (Å²) in [5.74, 6) is -1.14. The van der Waals surface area contributed by atoms with Gasteiger partial charge in [-0.15, -0.1) is 0 Å². The molecule has 0 aliphatic heterocycles. The molecule has 0 saturated carbocycles. The van der Waals surface area contributed by atoms with Gasteiger partial charge in [0.05, 0.1) is 9.50 Å². The number of aromatic hydroxyl groups is 1. The van der Waals surface area contributed by atoms with Gasteiger partial charge in [-0.2, -0.15) is 0 Å². The van der Waals surface area contributed by atoms with Gasteiger partial charge in [-0.25, -0.2) is 0 Å². The number of carbonyl (C=O) groups is 1. The van der Waals surface area contributed by atoms with Crippen LogP contribution in [0, 0.1) is 0 Å². The van der Waals surface area contributed by atoms with E-state index in [1.54, 1.807) is 6.07 Å². The minimum absolute atomic E-state index is 0.0655. The molecule has 15 heavy (non-hydrogen) atoms. The molecule has 82 valence electrons. The first kappa shape index (κ1) is 12.3. The maximum atomic E-state index is 10.5. The van der Waals surface area contributed by atoms with Crippen molar-refractivity contribution >= 4 is 33.5 Å². The molecule has 1 aromatic rings. The Morgan fingerprint density at radius 2 is 2.20 bits per heavy atom. The summed E-state index contributed by atoms with van der Waals surface area (Å²) in [7, 11) is 0. The second kappa shape index (κ2) is 4.83. The van der Waals surface area contributed by atoms with Crippen molar-refractivity contribution in [3.05, 3.63) is 27.2 Å². The van der Waals surface area contributed by atoms with E-state index in [-0.39, 0.29) is 17.2 Å². The quantitative estimate of drug-likeness (QED) is 0.793. The van der Waals surface area contributed by atoms with Crippen molar-refractivity contribution in [2.24, 2.45) is 5.73 Å². The molecule has 1 unspecified atom stereocenters. The van der Waals surface area contributed by atoms with Crippen molar-refractivity contribution in [2.75, 3.05) is 0 Å². The number of carboxylic acid groups (broad SMARTS) is 1. The number of phenolic OH excluding ortho intramolecular Hbond substituents is 1. The van der Waals surface area contributed by atoms with E-state index in [9.17, 15) is 9.90 Å². The summed E-state index contributed by atoms with van der Waals surface area (Å²) in [5, 5.41) is 18.1. The molecule has 0 spiro atoms. The van der Waals surface area contributed by atoms with Gasteiger partial charge in [-0.1, -0.05) is 11.6 Å². The zero-order chi connectivity index (χ0) is 11.6. The summed E-state index contributed by atoms with van der Waals surface area (Å²) in [4.78, 5) is 10.5. The second-order valence-corrected chi connectivity index (χ2v) is 4.32. The van der Waals surface area contributed by atoms with Gasteiger partial charge in [0.25, 0.3) is 0 Å². The third-order valence-corrected chi connectivity index (χ3v) is 2.74. The number of rotatable bonds is 3. The maximum absolute atomic E-state index is 10.5. The smallest absolute Gasteiger partial charge is 0.320 e. The van der Waals surface area contributed by atoms with Crippen LogP contribution in [0.15, 0.2) is 16.6 Å². The third kappa shape index (κ3) is 3.09. The molecule has 0 fully saturated rings. The molecule has 0 bridgehead atoms. The molecule has 1 aromatic carbocycles. The van der Waals surface area contributed by atoms with Gasteiger partial charge < -0.3 is 15.9 Å². The van der Waals surface area contributed by atoms with Gasteiger partial charge >= 0.3 is 5.97 Å². The normalized spacial score (nSPS) is 12.5. The first-order valence-electron chi connectivity index (χ1n) is 4.07. The summed E-state index contributed by atoms with van der Waals surface area (Å²) in [6.07, 6.45) is 0.161. The topological polar surface area (TPSA) is 83.5 Å². The highest BCUT2D eigenvalue weighted by molar-refractivity contribution is 9.10. The Morgan fingerprint density at radius 1 is 1.60 bits per heavy atom. The van der Waals surface area contributed by atoms with Crippen molar-refractivity contribution in [2.45, 2.75) is 12.5 Å². The average molecular weight is 295 g/mol. The lowest BCUT2D eigenvalue weighted by molar-refractivity contribution is -0.138. The second-order valence-electron chi connectivity index (χ2n) is 3.06. The van der Waals surface area contributed by atoms with E-state index >= 15 is 0 Å². The van der Waals surface area contributed by atoms with Crippen LogP contribution in [0.25, 0.3) is 0 Å². The minimum atomic E-state index is -1.07. The summed E-state index contributed by atoms with van der Waals surface area (Å²) in [6.45, 7) is 0. The number of halogens is 2. The number of phenols is 1. The molecular formula is C9H9BrClNO3. The number of aliphatic carboxylic acids is 1. The Kier molecular flexibility index (Phi) is 3.96. The van der Waals surface area contributed by atoms with Crippen molar-refractivity contribution in [1.29, 1.82) is 0 Å². The zero-order valence-electron chi connectivity index (χ0n) is 7.58. The summed E-state index contributed by atoms with van der Waals surface area (Å²) in [6, 6.07) is 2.10. The van der Waals surface area contributed by atoms with Crippen molar-refractivity contribution in [3.8, 4) is 5.75 Å². The standard InChI is InChI=1S/C9H9BrClNO3/c10-5-1-4(2-6(11)8(5)13)3-7(12)9(14)15/h1-2,7,13H,3,12H2,(H,14,15). The highest BCUT2D eigenvalue weighted by Crippen LogP contribution is 2.33. The first-order chi connectivity index (χ1) is 6.91. The van der Waals surface area contributed by atoms with Crippen LogP contribution in [-0.2, 0) is 11.2 Å². The lowest BCUT2D eigenvalue weighted by Gasteiger charge is -2.08. The van der Waals surface area contributed by atoms with Crippen LogP contribution in [-0.4, -0.2) is 22.2 Å². The first-order valence-corrected chi connectivity index (χ1v) is 5.24. The summed E-state index contributed by atoms with van der Waals surface area (Å²) >= 11 is 8.82. The fraction of sp³-hybridized carbons (Fsp3) is 0.222. The van der Waals surface area contributed by atoms with Gasteiger partial charge in [0.2, 0.25) is 0 Å². The summed E-state index contributed by atoms with van der Waals surface area (Å²) in [5.41, 5.74) is 6.02. The summed E-state index contributed by atoms with van der Waals surface area (Å²) < 4.78 is 0.419. The van der Waals surface area contributed by atoms with E-state index in [1.807, 2.05) is 0 Å². The van der Waals surface area contributed by atoms with Gasteiger partial charge in [0.1, 0.15) is 11.8 Å². The molecule has 0 saturated heterocycles. The van der Waals surface area contributed by atoms with E-state index in [1.165, 1.54) is 6.07 Å². The molecule has 1 rings (SSSR count). The van der Waals surface area contributed by atoms with Gasteiger partial charge in [0.15, 0.2) is 0 Å². The Morgan fingerprint density at radius 3 is 2.67 bits per heavy atom. The van der Waals surface area contributed by atoms with E-state index in [4.69, 9.17) is 22.4 Å². The largest absolute Gasteiger partial charge is 0.505 e. The van der Waals surface area contributed by atoms with Gasteiger partial charge in [-0.3, -0.25) is 4.79 Å². The molecule has 1 atom stereocenters. The van der Waals surface area contributed by atoms with Crippen LogP contribution >= 0.6 is 27.5 Å². The molecule has 0 heterocycles. The number of carboxylic acids is 1. The van der Waals surface area contributed by atoms with Gasteiger partial charge in [0, 0.05) is 0 Å². The fourth-order valence-electron chi connectivity index (χ4n) is 1.08. The van der Waals surface area contributed by atoms with Crippen LogP contribution in [0.3, 0.4) is 0 Å². The Hall–Kier alpha value is -0.780. The lowest BCUT2D eigenvalue weighted by Crippen LogP contribution is -2.32. The average Bonchev–Trinajstić information content (AvgIpc) is 2.13. The maximum Gasteiger partial charge on any atom is 0.320 e. The van der Waals surface area contributed by atoms with Crippen molar-refractivity contribution in [1.82, 2.24) is 0 Å². The molecule has 4 N–H and O–H groups in total. The number of hydrogen-bond donors (Lipinski definition) is 3. The van der Waals surface area contributed by atoms with Crippen LogP contribution in [0.4, 0.5) is 0 Å². The molecule has 0 amide bonds. The van der Waals surface area contributed by atoms with E-state index in [0.29, 0.717) is 10.0 Å².